The first-order valence-corrected chi connectivity index (χ1v) is 6.73. The standard InChI is InChI=1S/C13H23N3O4/c1-13(2,11(18)19)9-10(17)14-12(20)16-6-4-5-15(3)7-8-16/h4-9H2,1-3H3,(H,18,19)(H,14,17,20). The number of urea groups is 1. The van der Waals surface area contributed by atoms with Gasteiger partial charge in [0.25, 0.3) is 0 Å². The number of hydrogen-bond acceptors (Lipinski definition) is 4. The lowest BCUT2D eigenvalue weighted by atomic mass is 9.89. The van der Waals surface area contributed by atoms with Crippen LogP contribution in [0, 0.1) is 5.41 Å². The third-order valence-electron chi connectivity index (χ3n) is 3.43. The van der Waals surface area contributed by atoms with Gasteiger partial charge in [0.15, 0.2) is 0 Å². The highest BCUT2D eigenvalue weighted by Crippen LogP contribution is 2.20. The van der Waals surface area contributed by atoms with Gasteiger partial charge >= 0.3 is 12.0 Å². The quantitative estimate of drug-likeness (QED) is 0.781. The molecule has 0 aromatic heterocycles. The molecule has 1 saturated heterocycles. The second-order valence-electron chi connectivity index (χ2n) is 5.86. The molecular weight excluding hydrogens is 262 g/mol. The molecule has 7 nitrogen and oxygen atoms in total. The van der Waals surface area contributed by atoms with E-state index in [2.05, 4.69) is 10.2 Å². The van der Waals surface area contributed by atoms with E-state index in [1.165, 1.54) is 13.8 Å². The summed E-state index contributed by atoms with van der Waals surface area (Å²) in [6, 6.07) is -0.438. The van der Waals surface area contributed by atoms with Crippen molar-refractivity contribution in [1.82, 2.24) is 15.1 Å². The van der Waals surface area contributed by atoms with Gasteiger partial charge in [0.2, 0.25) is 5.91 Å². The van der Waals surface area contributed by atoms with E-state index in [0.717, 1.165) is 19.5 Å². The van der Waals surface area contributed by atoms with Crippen LogP contribution >= 0.6 is 0 Å². The van der Waals surface area contributed by atoms with E-state index in [0.29, 0.717) is 13.1 Å². The topological polar surface area (TPSA) is 90.0 Å². The molecule has 0 aromatic rings. The van der Waals surface area contributed by atoms with Crippen LogP contribution < -0.4 is 5.32 Å². The van der Waals surface area contributed by atoms with Crippen molar-refractivity contribution in [3.63, 3.8) is 0 Å². The van der Waals surface area contributed by atoms with Gasteiger partial charge in [-0.2, -0.15) is 0 Å². The first-order chi connectivity index (χ1) is 9.22. The minimum atomic E-state index is -1.18. The molecule has 1 rings (SSSR count). The fraction of sp³-hybridized carbons (Fsp3) is 0.769. The number of carbonyl (C=O) groups excluding carboxylic acids is 2. The monoisotopic (exact) mass is 285 g/mol. The van der Waals surface area contributed by atoms with Gasteiger partial charge in [0.1, 0.15) is 0 Å². The first-order valence-electron chi connectivity index (χ1n) is 6.73. The maximum atomic E-state index is 12.0. The van der Waals surface area contributed by atoms with Gasteiger partial charge in [-0.3, -0.25) is 14.9 Å². The average molecular weight is 285 g/mol. The molecule has 20 heavy (non-hydrogen) atoms. The molecule has 7 heteroatoms. The van der Waals surface area contributed by atoms with E-state index in [9.17, 15) is 14.4 Å². The Morgan fingerprint density at radius 3 is 2.40 bits per heavy atom. The van der Waals surface area contributed by atoms with Crippen LogP contribution in [-0.4, -0.2) is 66.0 Å². The van der Waals surface area contributed by atoms with Crippen LogP contribution in [0.3, 0.4) is 0 Å². The van der Waals surface area contributed by atoms with Gasteiger partial charge in [-0.25, -0.2) is 4.79 Å². The molecule has 0 aliphatic carbocycles. The minimum absolute atomic E-state index is 0.220. The zero-order valence-electron chi connectivity index (χ0n) is 12.3. The molecule has 1 fully saturated rings. The number of amides is 3. The van der Waals surface area contributed by atoms with Crippen molar-refractivity contribution in [3.05, 3.63) is 0 Å². The fourth-order valence-corrected chi connectivity index (χ4v) is 1.97. The number of imide groups is 1. The molecule has 1 heterocycles. The second-order valence-corrected chi connectivity index (χ2v) is 5.86. The molecule has 0 atom stereocenters. The normalized spacial score (nSPS) is 17.4. The van der Waals surface area contributed by atoms with Crippen molar-refractivity contribution in [2.75, 3.05) is 33.2 Å². The minimum Gasteiger partial charge on any atom is -0.481 e. The lowest BCUT2D eigenvalue weighted by molar-refractivity contribution is -0.149. The Balaban J connectivity index is 2.49. The van der Waals surface area contributed by atoms with Crippen LogP contribution in [-0.2, 0) is 9.59 Å². The summed E-state index contributed by atoms with van der Waals surface area (Å²) >= 11 is 0. The van der Waals surface area contributed by atoms with E-state index in [4.69, 9.17) is 5.11 Å². The highest BCUT2D eigenvalue weighted by molar-refractivity contribution is 5.96. The number of likely N-dealkylation sites (N-methyl/N-ethyl adjacent to an activating group) is 1. The van der Waals surface area contributed by atoms with Crippen molar-refractivity contribution in [2.45, 2.75) is 26.7 Å². The molecule has 2 N–H and O–H groups in total. The van der Waals surface area contributed by atoms with Crippen LogP contribution in [0.25, 0.3) is 0 Å². The molecule has 0 bridgehead atoms. The van der Waals surface area contributed by atoms with Gasteiger partial charge in [-0.15, -0.1) is 0 Å². The smallest absolute Gasteiger partial charge is 0.324 e. The number of rotatable bonds is 3. The number of hydrogen-bond donors (Lipinski definition) is 2. The van der Waals surface area contributed by atoms with Crippen molar-refractivity contribution < 1.29 is 19.5 Å². The molecule has 0 saturated carbocycles. The lowest BCUT2D eigenvalue weighted by Crippen LogP contribution is -2.45. The van der Waals surface area contributed by atoms with Gasteiger partial charge in [-0.1, -0.05) is 0 Å². The highest BCUT2D eigenvalue weighted by atomic mass is 16.4. The van der Waals surface area contributed by atoms with Gasteiger partial charge in [0.05, 0.1) is 5.41 Å². The third kappa shape index (κ3) is 4.80. The summed E-state index contributed by atoms with van der Waals surface area (Å²) in [7, 11) is 1.99. The van der Waals surface area contributed by atoms with E-state index in [1.807, 2.05) is 7.05 Å². The summed E-state index contributed by atoms with van der Waals surface area (Å²) in [4.78, 5) is 38.4. The Kier molecular flexibility index (Phi) is 5.50. The van der Waals surface area contributed by atoms with Crippen molar-refractivity contribution in [1.29, 1.82) is 0 Å². The first kappa shape index (κ1) is 16.4. The van der Waals surface area contributed by atoms with E-state index >= 15 is 0 Å². The lowest BCUT2D eigenvalue weighted by Gasteiger charge is -2.22. The van der Waals surface area contributed by atoms with Crippen molar-refractivity contribution in [3.8, 4) is 0 Å². The number of carboxylic acids is 1. The Labute approximate surface area is 118 Å². The van der Waals surface area contributed by atoms with Crippen LogP contribution in [0.15, 0.2) is 0 Å². The number of carbonyl (C=O) groups is 3. The predicted octanol–water partition coefficient (Wildman–Crippen LogP) is 0.361. The Morgan fingerprint density at radius 1 is 1.15 bits per heavy atom. The summed E-state index contributed by atoms with van der Waals surface area (Å²) in [6.45, 7) is 5.77. The molecule has 0 unspecified atom stereocenters. The van der Waals surface area contributed by atoms with Crippen LogP contribution in [0.2, 0.25) is 0 Å². The Hall–Kier alpha value is -1.63. The van der Waals surface area contributed by atoms with Crippen LogP contribution in [0.1, 0.15) is 26.7 Å². The van der Waals surface area contributed by atoms with Gasteiger partial charge in [0, 0.05) is 26.1 Å². The summed E-state index contributed by atoms with van der Waals surface area (Å²) in [5, 5.41) is 11.2. The fourth-order valence-electron chi connectivity index (χ4n) is 1.97. The molecule has 1 aliphatic heterocycles. The maximum Gasteiger partial charge on any atom is 0.324 e. The number of nitrogens with zero attached hydrogens (tertiary/aromatic N) is 2. The van der Waals surface area contributed by atoms with E-state index in [1.54, 1.807) is 4.90 Å². The van der Waals surface area contributed by atoms with Crippen molar-refractivity contribution in [2.24, 2.45) is 5.41 Å². The largest absolute Gasteiger partial charge is 0.481 e. The third-order valence-corrected chi connectivity index (χ3v) is 3.43. The van der Waals surface area contributed by atoms with Crippen molar-refractivity contribution >= 4 is 17.9 Å². The maximum absolute atomic E-state index is 12.0. The second kappa shape index (κ2) is 6.69. The number of nitrogens with one attached hydrogen (secondary N) is 1. The predicted molar refractivity (Wildman–Crippen MR) is 73.3 cm³/mol. The Bertz CT molecular complexity index is 395. The zero-order valence-corrected chi connectivity index (χ0v) is 12.3. The average Bonchev–Trinajstić information content (AvgIpc) is 2.52. The molecule has 0 aromatic carbocycles. The highest BCUT2D eigenvalue weighted by Gasteiger charge is 2.31. The van der Waals surface area contributed by atoms with E-state index in [-0.39, 0.29) is 6.42 Å². The number of carboxylic acid groups (broad SMARTS) is 1. The summed E-state index contributed by atoms with van der Waals surface area (Å²) < 4.78 is 0. The van der Waals surface area contributed by atoms with Gasteiger partial charge in [-0.05, 0) is 33.9 Å². The molecule has 0 radical (unpaired) electrons. The molecular formula is C13H23N3O4. The molecule has 3 amide bonds. The van der Waals surface area contributed by atoms with Gasteiger partial charge < -0.3 is 14.9 Å². The van der Waals surface area contributed by atoms with Crippen LogP contribution in [0.5, 0.6) is 0 Å². The van der Waals surface area contributed by atoms with E-state index < -0.39 is 23.3 Å². The molecule has 0 spiro atoms. The summed E-state index contributed by atoms with van der Waals surface area (Å²) in [5.74, 6) is -1.61. The summed E-state index contributed by atoms with van der Waals surface area (Å²) in [6.07, 6.45) is 0.639. The van der Waals surface area contributed by atoms with Crippen LogP contribution in [0.4, 0.5) is 4.79 Å². The molecule has 1 aliphatic rings. The molecule has 114 valence electrons. The number of aliphatic carboxylic acids is 1. The zero-order chi connectivity index (χ0) is 15.3. The summed E-state index contributed by atoms with van der Waals surface area (Å²) in [5.41, 5.74) is -1.18. The SMILES string of the molecule is CN1CCCN(C(=O)NC(=O)CC(C)(C)C(=O)O)CC1. The Morgan fingerprint density at radius 2 is 1.80 bits per heavy atom.